The summed E-state index contributed by atoms with van der Waals surface area (Å²) in [6.45, 7) is 0.182. The van der Waals surface area contributed by atoms with Crippen molar-refractivity contribution >= 4 is 33.8 Å². The highest BCUT2D eigenvalue weighted by molar-refractivity contribution is 6.05. The summed E-state index contributed by atoms with van der Waals surface area (Å²) in [5, 5.41) is 13.4. The predicted molar refractivity (Wildman–Crippen MR) is 88.4 cm³/mol. The van der Waals surface area contributed by atoms with Gasteiger partial charge < -0.3 is 10.4 Å². The number of pyridine rings is 1. The van der Waals surface area contributed by atoms with Crippen LogP contribution in [0.25, 0.3) is 27.9 Å². The second-order valence-corrected chi connectivity index (χ2v) is 4.91. The molecule has 0 fully saturated rings. The molecule has 0 unspecified atom stereocenters. The number of carbonyl (C=O) groups excluding carboxylic acids is 1. The first kappa shape index (κ1) is 14.2. The Bertz CT molecular complexity index is 802. The van der Waals surface area contributed by atoms with Crippen molar-refractivity contribution < 1.29 is 9.90 Å². The van der Waals surface area contributed by atoms with E-state index in [1.54, 1.807) is 6.08 Å². The number of hydrogen-bond donors (Lipinski definition) is 2. The molecular formula is C18H16N2O2. The Balaban J connectivity index is 2.12. The monoisotopic (exact) mass is 292 g/mol. The molecule has 1 aromatic heterocycles. The Morgan fingerprint density at radius 3 is 2.23 bits per heavy atom. The lowest BCUT2D eigenvalue weighted by molar-refractivity contribution is -0.116. The van der Waals surface area contributed by atoms with Gasteiger partial charge in [0, 0.05) is 23.4 Å². The fourth-order valence-corrected chi connectivity index (χ4v) is 2.45. The molecular weight excluding hydrogens is 276 g/mol. The van der Waals surface area contributed by atoms with Crippen LogP contribution in [0.2, 0.25) is 0 Å². The van der Waals surface area contributed by atoms with E-state index in [9.17, 15) is 4.79 Å². The molecule has 1 heterocycles. The van der Waals surface area contributed by atoms with Crippen molar-refractivity contribution in [2.24, 2.45) is 0 Å². The summed E-state index contributed by atoms with van der Waals surface area (Å²) in [7, 11) is 0. The van der Waals surface area contributed by atoms with Gasteiger partial charge in [-0.1, -0.05) is 36.4 Å². The number of aromatic nitrogens is 1. The molecule has 0 saturated heterocycles. The predicted octanol–water partition coefficient (Wildman–Crippen LogP) is 2.51. The van der Waals surface area contributed by atoms with Crippen LogP contribution in [0.3, 0.4) is 0 Å². The van der Waals surface area contributed by atoms with Crippen LogP contribution in [-0.2, 0) is 4.79 Å². The van der Waals surface area contributed by atoms with Crippen LogP contribution in [0.4, 0.5) is 0 Å². The van der Waals surface area contributed by atoms with E-state index in [0.717, 1.165) is 27.4 Å². The van der Waals surface area contributed by atoms with Crippen LogP contribution < -0.4 is 5.32 Å². The third-order valence-electron chi connectivity index (χ3n) is 3.44. The van der Waals surface area contributed by atoms with Gasteiger partial charge in [-0.25, -0.2) is 4.98 Å². The highest BCUT2D eigenvalue weighted by Gasteiger charge is 2.06. The fraction of sp³-hybridized carbons (Fsp3) is 0.111. The molecule has 0 aliphatic carbocycles. The summed E-state index contributed by atoms with van der Waals surface area (Å²) in [6.07, 6.45) is 3.29. The Morgan fingerprint density at radius 2 is 1.64 bits per heavy atom. The van der Waals surface area contributed by atoms with Crippen molar-refractivity contribution in [3.63, 3.8) is 0 Å². The van der Waals surface area contributed by atoms with E-state index in [4.69, 9.17) is 5.11 Å². The SMILES string of the molecule is O=C(C=Cc1c2ccccc2nc2ccccc12)NCCO. The van der Waals surface area contributed by atoms with Crippen molar-refractivity contribution in [1.29, 1.82) is 0 Å². The van der Waals surface area contributed by atoms with Gasteiger partial charge in [-0.2, -0.15) is 0 Å². The van der Waals surface area contributed by atoms with Gasteiger partial charge in [0.25, 0.3) is 0 Å². The van der Waals surface area contributed by atoms with Gasteiger partial charge in [-0.05, 0) is 23.8 Å². The summed E-state index contributed by atoms with van der Waals surface area (Å²) < 4.78 is 0. The van der Waals surface area contributed by atoms with Gasteiger partial charge in [0.05, 0.1) is 17.6 Å². The summed E-state index contributed by atoms with van der Waals surface area (Å²) >= 11 is 0. The summed E-state index contributed by atoms with van der Waals surface area (Å²) in [4.78, 5) is 16.4. The second-order valence-electron chi connectivity index (χ2n) is 4.91. The molecule has 0 spiro atoms. The lowest BCUT2D eigenvalue weighted by Crippen LogP contribution is -2.24. The molecule has 2 N–H and O–H groups in total. The topological polar surface area (TPSA) is 62.2 Å². The van der Waals surface area contributed by atoms with Crippen molar-refractivity contribution in [2.75, 3.05) is 13.2 Å². The summed E-state index contributed by atoms with van der Waals surface area (Å²) in [5.74, 6) is -0.223. The van der Waals surface area contributed by atoms with Crippen molar-refractivity contribution in [1.82, 2.24) is 10.3 Å². The molecule has 0 aliphatic heterocycles. The average Bonchev–Trinajstić information content (AvgIpc) is 2.56. The van der Waals surface area contributed by atoms with E-state index in [2.05, 4.69) is 10.3 Å². The normalized spacial score (nSPS) is 11.3. The summed E-state index contributed by atoms with van der Waals surface area (Å²) in [6, 6.07) is 15.7. The molecule has 0 bridgehead atoms. The Kier molecular flexibility index (Phi) is 4.12. The largest absolute Gasteiger partial charge is 0.395 e. The minimum Gasteiger partial charge on any atom is -0.395 e. The van der Waals surface area contributed by atoms with E-state index in [-0.39, 0.29) is 19.1 Å². The first-order valence-corrected chi connectivity index (χ1v) is 7.14. The molecule has 0 saturated carbocycles. The van der Waals surface area contributed by atoms with Crippen LogP contribution >= 0.6 is 0 Å². The van der Waals surface area contributed by atoms with Crippen LogP contribution in [-0.4, -0.2) is 29.1 Å². The van der Waals surface area contributed by atoms with Gasteiger partial charge in [0.2, 0.25) is 5.91 Å². The molecule has 22 heavy (non-hydrogen) atoms. The quantitative estimate of drug-likeness (QED) is 0.574. The van der Waals surface area contributed by atoms with Crippen LogP contribution in [0.15, 0.2) is 54.6 Å². The van der Waals surface area contributed by atoms with Crippen LogP contribution in [0, 0.1) is 0 Å². The number of fused-ring (bicyclic) bond motifs is 2. The first-order chi connectivity index (χ1) is 10.8. The Hall–Kier alpha value is -2.72. The van der Waals surface area contributed by atoms with Crippen molar-refractivity contribution in [2.45, 2.75) is 0 Å². The molecule has 3 aromatic rings. The number of benzene rings is 2. The number of hydrogen-bond acceptors (Lipinski definition) is 3. The Labute approximate surface area is 128 Å². The maximum Gasteiger partial charge on any atom is 0.244 e. The average molecular weight is 292 g/mol. The molecule has 0 radical (unpaired) electrons. The number of para-hydroxylation sites is 2. The van der Waals surface area contributed by atoms with Gasteiger partial charge in [0.15, 0.2) is 0 Å². The molecule has 4 heteroatoms. The number of aliphatic hydroxyl groups is 1. The zero-order valence-electron chi connectivity index (χ0n) is 12.0. The third kappa shape index (κ3) is 2.82. The van der Waals surface area contributed by atoms with Gasteiger partial charge in [-0.15, -0.1) is 0 Å². The molecule has 0 aliphatic rings. The number of nitrogens with zero attached hydrogens (tertiary/aromatic N) is 1. The van der Waals surface area contributed by atoms with E-state index < -0.39 is 0 Å². The summed E-state index contributed by atoms with van der Waals surface area (Å²) in [5.41, 5.74) is 2.77. The number of rotatable bonds is 4. The standard InChI is InChI=1S/C18H16N2O2/c21-12-11-19-18(22)10-9-13-14-5-1-3-7-16(14)20-17-8-4-2-6-15(13)17/h1-10,21H,11-12H2,(H,19,22). The highest BCUT2D eigenvalue weighted by atomic mass is 16.3. The van der Waals surface area contributed by atoms with Crippen LogP contribution in [0.1, 0.15) is 5.56 Å². The van der Waals surface area contributed by atoms with E-state index in [1.807, 2.05) is 48.5 Å². The van der Waals surface area contributed by atoms with Crippen molar-refractivity contribution in [3.05, 3.63) is 60.2 Å². The molecule has 4 nitrogen and oxygen atoms in total. The lowest BCUT2D eigenvalue weighted by atomic mass is 10.0. The smallest absolute Gasteiger partial charge is 0.244 e. The molecule has 2 aromatic carbocycles. The van der Waals surface area contributed by atoms with Gasteiger partial charge >= 0.3 is 0 Å². The second kappa shape index (κ2) is 6.37. The minimum atomic E-state index is -0.223. The van der Waals surface area contributed by atoms with Crippen molar-refractivity contribution in [3.8, 4) is 0 Å². The van der Waals surface area contributed by atoms with Crippen LogP contribution in [0.5, 0.6) is 0 Å². The number of nitrogens with one attached hydrogen (secondary N) is 1. The third-order valence-corrected chi connectivity index (χ3v) is 3.44. The first-order valence-electron chi connectivity index (χ1n) is 7.14. The lowest BCUT2D eigenvalue weighted by Gasteiger charge is -2.07. The zero-order valence-corrected chi connectivity index (χ0v) is 12.0. The number of aliphatic hydroxyl groups excluding tert-OH is 1. The van der Waals surface area contributed by atoms with E-state index in [1.165, 1.54) is 6.08 Å². The maximum absolute atomic E-state index is 11.7. The fourth-order valence-electron chi connectivity index (χ4n) is 2.45. The number of carbonyl (C=O) groups is 1. The minimum absolute atomic E-state index is 0.0688. The highest BCUT2D eigenvalue weighted by Crippen LogP contribution is 2.26. The van der Waals surface area contributed by atoms with E-state index >= 15 is 0 Å². The Morgan fingerprint density at radius 1 is 1.05 bits per heavy atom. The number of amides is 1. The molecule has 1 amide bonds. The molecule has 110 valence electrons. The van der Waals surface area contributed by atoms with Gasteiger partial charge in [-0.3, -0.25) is 4.79 Å². The maximum atomic E-state index is 11.7. The van der Waals surface area contributed by atoms with E-state index in [0.29, 0.717) is 0 Å². The molecule has 3 rings (SSSR count). The zero-order chi connectivity index (χ0) is 15.4. The molecule has 0 atom stereocenters. The van der Waals surface area contributed by atoms with Gasteiger partial charge in [0.1, 0.15) is 0 Å².